The van der Waals surface area contributed by atoms with Crippen molar-refractivity contribution in [1.29, 1.82) is 0 Å². The van der Waals surface area contributed by atoms with Crippen molar-refractivity contribution in [3.8, 4) is 0 Å². The third kappa shape index (κ3) is 3.72. The molecule has 1 atom stereocenters. The van der Waals surface area contributed by atoms with Crippen LogP contribution < -0.4 is 5.32 Å². The van der Waals surface area contributed by atoms with E-state index in [-0.39, 0.29) is 16.6 Å². The molecule has 17 heavy (non-hydrogen) atoms. The molecule has 0 bridgehead atoms. The molecule has 2 nitrogen and oxygen atoms in total. The Labute approximate surface area is 108 Å². The van der Waals surface area contributed by atoms with Gasteiger partial charge in [-0.3, -0.25) is 0 Å². The first-order valence-corrected chi connectivity index (χ1v) is 6.35. The van der Waals surface area contributed by atoms with Gasteiger partial charge < -0.3 is 10.1 Å². The van der Waals surface area contributed by atoms with Crippen molar-refractivity contribution < 1.29 is 13.5 Å². The van der Waals surface area contributed by atoms with E-state index in [1.54, 1.807) is 0 Å². The molecule has 5 heteroatoms. The number of ether oxygens (including phenoxy) is 1. The summed E-state index contributed by atoms with van der Waals surface area (Å²) < 4.78 is 33.1. The molecule has 0 saturated heterocycles. The van der Waals surface area contributed by atoms with E-state index in [1.165, 1.54) is 12.1 Å². The van der Waals surface area contributed by atoms with E-state index in [1.807, 2.05) is 13.8 Å². The fourth-order valence-corrected chi connectivity index (χ4v) is 1.93. The zero-order chi connectivity index (χ0) is 12.8. The largest absolute Gasteiger partial charge is 0.380 e. The van der Waals surface area contributed by atoms with E-state index in [0.29, 0.717) is 13.2 Å². The summed E-state index contributed by atoms with van der Waals surface area (Å²) in [6.45, 7) is 5.10. The summed E-state index contributed by atoms with van der Waals surface area (Å²) in [4.78, 5) is 0. The SMILES string of the molecule is CCNC(COCC)c1c(F)ccc(Br)c1F. The quantitative estimate of drug-likeness (QED) is 0.813. The van der Waals surface area contributed by atoms with Crippen LogP contribution in [-0.4, -0.2) is 19.8 Å². The highest BCUT2D eigenvalue weighted by atomic mass is 79.9. The summed E-state index contributed by atoms with van der Waals surface area (Å²) in [6.07, 6.45) is 0. The first-order valence-electron chi connectivity index (χ1n) is 5.56. The lowest BCUT2D eigenvalue weighted by Crippen LogP contribution is -2.27. The number of nitrogens with one attached hydrogen (secondary N) is 1. The molecule has 0 aliphatic rings. The molecule has 96 valence electrons. The Kier molecular flexibility index (Phi) is 6.02. The summed E-state index contributed by atoms with van der Waals surface area (Å²) in [5, 5.41) is 3.02. The molecular formula is C12H16BrF2NO. The molecule has 1 unspecified atom stereocenters. The molecule has 0 aliphatic carbocycles. The summed E-state index contributed by atoms with van der Waals surface area (Å²) in [7, 11) is 0. The molecule has 1 aromatic rings. The molecule has 0 radical (unpaired) electrons. The normalized spacial score (nSPS) is 12.8. The van der Waals surface area contributed by atoms with Crippen molar-refractivity contribution in [2.24, 2.45) is 0 Å². The number of hydrogen-bond donors (Lipinski definition) is 1. The topological polar surface area (TPSA) is 21.3 Å². The number of hydrogen-bond acceptors (Lipinski definition) is 2. The van der Waals surface area contributed by atoms with E-state index in [2.05, 4.69) is 21.2 Å². The molecule has 1 N–H and O–H groups in total. The lowest BCUT2D eigenvalue weighted by molar-refractivity contribution is 0.121. The molecule has 0 fully saturated rings. The first-order chi connectivity index (χ1) is 8.11. The Morgan fingerprint density at radius 2 is 2.06 bits per heavy atom. The first kappa shape index (κ1) is 14.5. The lowest BCUT2D eigenvalue weighted by Gasteiger charge is -2.19. The second-order valence-corrected chi connectivity index (χ2v) is 4.38. The fourth-order valence-electron chi connectivity index (χ4n) is 1.59. The van der Waals surface area contributed by atoms with Gasteiger partial charge in [0.25, 0.3) is 0 Å². The van der Waals surface area contributed by atoms with Crippen molar-refractivity contribution in [3.05, 3.63) is 33.8 Å². The van der Waals surface area contributed by atoms with Crippen LogP contribution in [0.25, 0.3) is 0 Å². The molecule has 0 heterocycles. The Balaban J connectivity index is 3.03. The van der Waals surface area contributed by atoms with Crippen LogP contribution in [0.3, 0.4) is 0 Å². The minimum absolute atomic E-state index is 0.0228. The lowest BCUT2D eigenvalue weighted by atomic mass is 10.1. The second kappa shape index (κ2) is 7.03. The van der Waals surface area contributed by atoms with E-state index in [9.17, 15) is 8.78 Å². The Morgan fingerprint density at radius 1 is 1.35 bits per heavy atom. The van der Waals surface area contributed by atoms with Crippen molar-refractivity contribution >= 4 is 15.9 Å². The van der Waals surface area contributed by atoms with Crippen LogP contribution in [0.15, 0.2) is 16.6 Å². The molecule has 0 saturated carbocycles. The maximum atomic E-state index is 13.9. The number of likely N-dealkylation sites (N-methyl/N-ethyl adjacent to an activating group) is 1. The Hall–Kier alpha value is -0.520. The van der Waals surface area contributed by atoms with Crippen LogP contribution in [0.5, 0.6) is 0 Å². The van der Waals surface area contributed by atoms with Gasteiger partial charge in [-0.15, -0.1) is 0 Å². The smallest absolute Gasteiger partial charge is 0.145 e. The summed E-state index contributed by atoms with van der Waals surface area (Å²) in [5.41, 5.74) is 0.0228. The third-order valence-corrected chi connectivity index (χ3v) is 2.98. The van der Waals surface area contributed by atoms with Crippen LogP contribution in [0.4, 0.5) is 8.78 Å². The van der Waals surface area contributed by atoms with Gasteiger partial charge in [-0.05, 0) is 41.5 Å². The molecule has 0 aliphatic heterocycles. The van der Waals surface area contributed by atoms with Gasteiger partial charge in [0.05, 0.1) is 17.1 Å². The third-order valence-electron chi connectivity index (χ3n) is 2.37. The monoisotopic (exact) mass is 307 g/mol. The van der Waals surface area contributed by atoms with Crippen LogP contribution in [-0.2, 0) is 4.74 Å². The summed E-state index contributed by atoms with van der Waals surface area (Å²) in [5.74, 6) is -1.13. The van der Waals surface area contributed by atoms with Gasteiger partial charge in [-0.2, -0.15) is 0 Å². The molecule has 1 aromatic carbocycles. The van der Waals surface area contributed by atoms with Crippen LogP contribution in [0.1, 0.15) is 25.5 Å². The maximum absolute atomic E-state index is 13.9. The van der Waals surface area contributed by atoms with Crippen molar-refractivity contribution in [2.45, 2.75) is 19.9 Å². The van der Waals surface area contributed by atoms with E-state index in [4.69, 9.17) is 4.74 Å². The van der Waals surface area contributed by atoms with Gasteiger partial charge in [0.15, 0.2) is 0 Å². The van der Waals surface area contributed by atoms with Crippen LogP contribution >= 0.6 is 15.9 Å². The average Bonchev–Trinajstić information content (AvgIpc) is 2.31. The highest BCUT2D eigenvalue weighted by molar-refractivity contribution is 9.10. The van der Waals surface area contributed by atoms with Gasteiger partial charge in [0.2, 0.25) is 0 Å². The average molecular weight is 308 g/mol. The second-order valence-electron chi connectivity index (χ2n) is 3.53. The van der Waals surface area contributed by atoms with E-state index < -0.39 is 17.7 Å². The van der Waals surface area contributed by atoms with E-state index >= 15 is 0 Å². The fraction of sp³-hybridized carbons (Fsp3) is 0.500. The standard InChI is InChI=1S/C12H16BrF2NO/c1-3-16-10(7-17-4-2)11-9(14)6-5-8(13)12(11)15/h5-6,10,16H,3-4,7H2,1-2H3. The van der Waals surface area contributed by atoms with Gasteiger partial charge in [-0.25, -0.2) is 8.78 Å². The Bertz CT molecular complexity index is 374. The van der Waals surface area contributed by atoms with Crippen molar-refractivity contribution in [1.82, 2.24) is 5.32 Å². The summed E-state index contributed by atoms with van der Waals surface area (Å²) in [6, 6.07) is 2.13. The minimum atomic E-state index is -0.573. The predicted molar refractivity (Wildman–Crippen MR) is 67.0 cm³/mol. The minimum Gasteiger partial charge on any atom is -0.380 e. The zero-order valence-electron chi connectivity index (χ0n) is 9.90. The van der Waals surface area contributed by atoms with Gasteiger partial charge in [0, 0.05) is 12.2 Å². The molecule has 1 rings (SSSR count). The Morgan fingerprint density at radius 3 is 2.65 bits per heavy atom. The van der Waals surface area contributed by atoms with Gasteiger partial charge in [-0.1, -0.05) is 6.92 Å². The number of benzene rings is 1. The van der Waals surface area contributed by atoms with Crippen LogP contribution in [0, 0.1) is 11.6 Å². The molecule has 0 aromatic heterocycles. The van der Waals surface area contributed by atoms with Crippen molar-refractivity contribution in [2.75, 3.05) is 19.8 Å². The van der Waals surface area contributed by atoms with Crippen LogP contribution in [0.2, 0.25) is 0 Å². The van der Waals surface area contributed by atoms with Crippen molar-refractivity contribution in [3.63, 3.8) is 0 Å². The van der Waals surface area contributed by atoms with E-state index in [0.717, 1.165) is 0 Å². The zero-order valence-corrected chi connectivity index (χ0v) is 11.5. The molecule has 0 spiro atoms. The van der Waals surface area contributed by atoms with Gasteiger partial charge >= 0.3 is 0 Å². The number of halogens is 3. The summed E-state index contributed by atoms with van der Waals surface area (Å²) >= 11 is 3.06. The molecule has 0 amide bonds. The predicted octanol–water partition coefficient (Wildman–Crippen LogP) is 3.41. The highest BCUT2D eigenvalue weighted by Gasteiger charge is 2.21. The molecular weight excluding hydrogens is 292 g/mol. The van der Waals surface area contributed by atoms with Gasteiger partial charge in [0.1, 0.15) is 11.6 Å². The highest BCUT2D eigenvalue weighted by Crippen LogP contribution is 2.27. The number of rotatable bonds is 6. The maximum Gasteiger partial charge on any atom is 0.145 e.